The second kappa shape index (κ2) is 4.07. The molecule has 0 N–H and O–H groups in total. The van der Waals surface area contributed by atoms with Gasteiger partial charge in [0.2, 0.25) is 5.88 Å². The molecule has 14 heavy (non-hydrogen) atoms. The molecule has 0 amide bonds. The molecule has 1 aromatic heterocycles. The molecule has 1 rings (SSSR count). The Hall–Kier alpha value is -1.61. The molecule has 6 heteroatoms. The highest BCUT2D eigenvalue weighted by atomic mass is 32.2. The Labute approximate surface area is 82.1 Å². The summed E-state index contributed by atoms with van der Waals surface area (Å²) in [6, 6.07) is 4.64. The van der Waals surface area contributed by atoms with Crippen LogP contribution in [0.3, 0.4) is 0 Å². The molecular formula is C8H8N2O3S. The summed E-state index contributed by atoms with van der Waals surface area (Å²) in [7, 11) is -3.54. The smallest absolute Gasteiger partial charge is 0.310 e. The Bertz CT molecular complexity index is 444. The molecule has 0 saturated heterocycles. The molecule has 1 aromatic rings. The van der Waals surface area contributed by atoms with Crippen molar-refractivity contribution in [1.29, 1.82) is 5.26 Å². The predicted octanol–water partition coefficient (Wildman–Crippen LogP) is 0.682. The number of aromatic nitrogens is 1. The number of nitrogens with zero attached hydrogens (tertiary/aromatic N) is 2. The van der Waals surface area contributed by atoms with E-state index >= 15 is 0 Å². The first-order chi connectivity index (χ1) is 6.57. The van der Waals surface area contributed by atoms with Gasteiger partial charge in [0, 0.05) is 12.3 Å². The fourth-order valence-corrected chi connectivity index (χ4v) is 1.16. The van der Waals surface area contributed by atoms with Crippen LogP contribution in [0.2, 0.25) is 0 Å². The van der Waals surface area contributed by atoms with Crippen molar-refractivity contribution in [2.24, 2.45) is 0 Å². The molecule has 0 aliphatic carbocycles. The van der Waals surface area contributed by atoms with Gasteiger partial charge in [-0.05, 0) is 13.0 Å². The number of pyridine rings is 1. The highest BCUT2D eigenvalue weighted by Crippen LogP contribution is 2.09. The van der Waals surface area contributed by atoms with Crippen molar-refractivity contribution in [2.45, 2.75) is 6.92 Å². The van der Waals surface area contributed by atoms with Crippen molar-refractivity contribution in [3.05, 3.63) is 23.9 Å². The van der Waals surface area contributed by atoms with E-state index in [1.165, 1.54) is 25.3 Å². The number of hydrogen-bond donors (Lipinski definition) is 0. The quantitative estimate of drug-likeness (QED) is 0.688. The summed E-state index contributed by atoms with van der Waals surface area (Å²) in [5.41, 5.74) is 0.353. The molecule has 0 aliphatic rings. The van der Waals surface area contributed by atoms with Crippen molar-refractivity contribution in [3.63, 3.8) is 0 Å². The van der Waals surface area contributed by atoms with E-state index in [2.05, 4.69) is 9.17 Å². The number of nitriles is 1. The molecule has 0 bridgehead atoms. The summed E-state index contributed by atoms with van der Waals surface area (Å²) < 4.78 is 26.6. The van der Waals surface area contributed by atoms with Crippen LogP contribution in [-0.2, 0) is 10.1 Å². The van der Waals surface area contributed by atoms with Crippen LogP contribution in [0.15, 0.2) is 18.3 Å². The summed E-state index contributed by atoms with van der Waals surface area (Å²) in [5.74, 6) is -0.139. The minimum Gasteiger partial charge on any atom is -0.362 e. The fourth-order valence-electron chi connectivity index (χ4n) is 0.685. The lowest BCUT2D eigenvalue weighted by molar-refractivity contribution is 0.477. The van der Waals surface area contributed by atoms with Gasteiger partial charge >= 0.3 is 10.1 Å². The molecule has 0 saturated carbocycles. The lowest BCUT2D eigenvalue weighted by Gasteiger charge is -2.02. The molecule has 0 spiro atoms. The first-order valence-corrected chi connectivity index (χ1v) is 5.43. The molecule has 0 aliphatic heterocycles. The third kappa shape index (κ3) is 2.71. The zero-order valence-corrected chi connectivity index (χ0v) is 8.28. The van der Waals surface area contributed by atoms with Crippen molar-refractivity contribution in [3.8, 4) is 11.9 Å². The molecule has 1 heterocycles. The molecule has 0 radical (unpaired) electrons. The van der Waals surface area contributed by atoms with Crippen LogP contribution in [-0.4, -0.2) is 19.2 Å². The van der Waals surface area contributed by atoms with Crippen LogP contribution in [0.5, 0.6) is 5.88 Å². The monoisotopic (exact) mass is 212 g/mol. The Morgan fingerprint density at radius 1 is 1.57 bits per heavy atom. The summed E-state index contributed by atoms with van der Waals surface area (Å²) in [6.07, 6.45) is 1.25. The van der Waals surface area contributed by atoms with Gasteiger partial charge in [-0.15, -0.1) is 0 Å². The van der Waals surface area contributed by atoms with Gasteiger partial charge in [0.05, 0.1) is 11.3 Å². The van der Waals surface area contributed by atoms with Crippen LogP contribution in [0.1, 0.15) is 12.5 Å². The van der Waals surface area contributed by atoms with E-state index < -0.39 is 10.1 Å². The Morgan fingerprint density at radius 2 is 2.29 bits per heavy atom. The molecule has 0 aromatic carbocycles. The maximum Gasteiger partial charge on any atom is 0.310 e. The topological polar surface area (TPSA) is 80.0 Å². The van der Waals surface area contributed by atoms with Gasteiger partial charge in [0.1, 0.15) is 6.07 Å². The lowest BCUT2D eigenvalue weighted by atomic mass is 10.3. The van der Waals surface area contributed by atoms with Crippen LogP contribution < -0.4 is 4.18 Å². The maximum absolute atomic E-state index is 11.0. The average Bonchev–Trinajstić information content (AvgIpc) is 2.19. The van der Waals surface area contributed by atoms with Crippen molar-refractivity contribution in [2.75, 3.05) is 5.75 Å². The molecule has 74 valence electrons. The van der Waals surface area contributed by atoms with Gasteiger partial charge < -0.3 is 4.18 Å². The highest BCUT2D eigenvalue weighted by Gasteiger charge is 2.09. The van der Waals surface area contributed by atoms with Crippen LogP contribution in [0.25, 0.3) is 0 Å². The third-order valence-corrected chi connectivity index (χ3v) is 2.56. The predicted molar refractivity (Wildman–Crippen MR) is 49.0 cm³/mol. The van der Waals surface area contributed by atoms with Crippen molar-refractivity contribution >= 4 is 10.1 Å². The van der Waals surface area contributed by atoms with Gasteiger partial charge in [-0.2, -0.15) is 13.7 Å². The first kappa shape index (κ1) is 10.5. The summed E-state index contributed by atoms with van der Waals surface area (Å²) >= 11 is 0. The van der Waals surface area contributed by atoms with Crippen molar-refractivity contribution in [1.82, 2.24) is 4.98 Å². The number of rotatable bonds is 3. The Kier molecular flexibility index (Phi) is 3.04. The van der Waals surface area contributed by atoms with E-state index in [0.29, 0.717) is 5.56 Å². The maximum atomic E-state index is 11.0. The highest BCUT2D eigenvalue weighted by molar-refractivity contribution is 7.87. The molecule has 0 unspecified atom stereocenters. The minimum atomic E-state index is -3.54. The van der Waals surface area contributed by atoms with Crippen LogP contribution >= 0.6 is 0 Å². The van der Waals surface area contributed by atoms with Crippen LogP contribution in [0.4, 0.5) is 0 Å². The van der Waals surface area contributed by atoms with Gasteiger partial charge in [0.25, 0.3) is 0 Å². The summed E-state index contributed by atoms with van der Waals surface area (Å²) in [4.78, 5) is 3.66. The van der Waals surface area contributed by atoms with E-state index in [-0.39, 0.29) is 11.6 Å². The average molecular weight is 212 g/mol. The van der Waals surface area contributed by atoms with Gasteiger partial charge in [-0.3, -0.25) is 0 Å². The third-order valence-electron chi connectivity index (χ3n) is 1.43. The Morgan fingerprint density at radius 3 is 2.71 bits per heavy atom. The van der Waals surface area contributed by atoms with Crippen molar-refractivity contribution < 1.29 is 12.6 Å². The van der Waals surface area contributed by atoms with E-state index in [0.717, 1.165) is 0 Å². The minimum absolute atomic E-state index is 0.0224. The molecular weight excluding hydrogens is 204 g/mol. The summed E-state index contributed by atoms with van der Waals surface area (Å²) in [6.45, 7) is 1.47. The van der Waals surface area contributed by atoms with Gasteiger partial charge in [-0.25, -0.2) is 4.98 Å². The second-order valence-electron chi connectivity index (χ2n) is 2.43. The van der Waals surface area contributed by atoms with Gasteiger partial charge in [-0.1, -0.05) is 0 Å². The standard InChI is InChI=1S/C8H8N2O3S/c1-2-14(11,12)13-8-4-3-7(5-9)6-10-8/h3-4,6H,2H2,1H3. The Balaban J connectivity index is 2.86. The molecule has 5 nitrogen and oxygen atoms in total. The zero-order valence-electron chi connectivity index (χ0n) is 7.47. The SMILES string of the molecule is CCS(=O)(=O)Oc1ccc(C#N)cn1. The molecule has 0 atom stereocenters. The first-order valence-electron chi connectivity index (χ1n) is 3.85. The van der Waals surface area contributed by atoms with E-state index in [4.69, 9.17) is 5.26 Å². The largest absolute Gasteiger partial charge is 0.362 e. The second-order valence-corrected chi connectivity index (χ2v) is 4.29. The van der Waals surface area contributed by atoms with E-state index in [1.54, 1.807) is 0 Å². The van der Waals surface area contributed by atoms with Gasteiger partial charge in [0.15, 0.2) is 0 Å². The fraction of sp³-hybridized carbons (Fsp3) is 0.250. The van der Waals surface area contributed by atoms with E-state index in [1.807, 2.05) is 6.07 Å². The van der Waals surface area contributed by atoms with E-state index in [9.17, 15) is 8.42 Å². The molecule has 0 fully saturated rings. The normalized spacial score (nSPS) is 10.6. The number of hydrogen-bond acceptors (Lipinski definition) is 5. The van der Waals surface area contributed by atoms with Crippen LogP contribution in [0, 0.1) is 11.3 Å². The summed E-state index contributed by atoms with van der Waals surface area (Å²) in [5, 5.41) is 8.46. The zero-order chi connectivity index (χ0) is 10.6. The lowest BCUT2D eigenvalue weighted by Crippen LogP contribution is -2.12.